The van der Waals surface area contributed by atoms with Crippen LogP contribution in [0.5, 0.6) is 0 Å². The first-order valence-corrected chi connectivity index (χ1v) is 10.0. The predicted octanol–water partition coefficient (Wildman–Crippen LogP) is 3.26. The SMILES string of the molecule is CC=Cn1c(C=N)nc(-c2ccc(NCC3(c4ncccc4F)CCC3)nn2)cc1=O. The molecule has 0 saturated heterocycles. The number of allylic oxidation sites excluding steroid dienone is 1. The average Bonchev–Trinajstić information content (AvgIpc) is 2.76. The van der Waals surface area contributed by atoms with E-state index in [2.05, 4.69) is 25.5 Å². The molecule has 0 atom stereocenters. The summed E-state index contributed by atoms with van der Waals surface area (Å²) in [5, 5.41) is 19.1. The van der Waals surface area contributed by atoms with Gasteiger partial charge in [-0.25, -0.2) is 9.37 Å². The van der Waals surface area contributed by atoms with Crippen molar-refractivity contribution in [3.05, 3.63) is 70.3 Å². The maximum atomic E-state index is 14.3. The Morgan fingerprint density at radius 3 is 2.71 bits per heavy atom. The van der Waals surface area contributed by atoms with Crippen LogP contribution in [0.15, 0.2) is 47.4 Å². The Kier molecular flexibility index (Phi) is 5.66. The monoisotopic (exact) mass is 419 g/mol. The molecule has 1 aliphatic rings. The summed E-state index contributed by atoms with van der Waals surface area (Å²) in [4.78, 5) is 20.9. The highest BCUT2D eigenvalue weighted by Gasteiger charge is 2.41. The number of hydrogen-bond acceptors (Lipinski definition) is 7. The molecule has 0 aliphatic heterocycles. The van der Waals surface area contributed by atoms with Gasteiger partial charge in [0, 0.05) is 30.4 Å². The molecule has 158 valence electrons. The molecule has 0 aromatic carbocycles. The first-order valence-electron chi connectivity index (χ1n) is 10.0. The Bertz CT molecular complexity index is 1180. The van der Waals surface area contributed by atoms with Crippen molar-refractivity contribution in [2.45, 2.75) is 31.6 Å². The molecule has 8 nitrogen and oxygen atoms in total. The molecular formula is C22H22FN7O. The standard InChI is InChI=1S/C22H22FN7O/c1-2-11-30-19(13-24)27-17(12-20(30)31)16-6-7-18(29-28-16)26-14-22(8-4-9-22)21-15(23)5-3-10-25-21/h2-3,5-7,10-13,24H,4,8-9,14H2,1H3,(H,26,29). The van der Waals surface area contributed by atoms with Crippen molar-refractivity contribution in [2.24, 2.45) is 0 Å². The molecule has 3 aromatic rings. The van der Waals surface area contributed by atoms with Crippen LogP contribution in [-0.4, -0.2) is 37.5 Å². The zero-order valence-electron chi connectivity index (χ0n) is 17.0. The molecule has 0 unspecified atom stereocenters. The minimum absolute atomic E-state index is 0.203. The van der Waals surface area contributed by atoms with Gasteiger partial charge in [-0.2, -0.15) is 0 Å². The van der Waals surface area contributed by atoms with Crippen molar-refractivity contribution in [2.75, 3.05) is 11.9 Å². The zero-order valence-corrected chi connectivity index (χ0v) is 17.0. The van der Waals surface area contributed by atoms with E-state index in [0.717, 1.165) is 25.5 Å². The number of nitrogens with one attached hydrogen (secondary N) is 2. The van der Waals surface area contributed by atoms with Gasteiger partial charge in [-0.05, 0) is 44.0 Å². The van der Waals surface area contributed by atoms with Gasteiger partial charge < -0.3 is 10.7 Å². The van der Waals surface area contributed by atoms with Crippen LogP contribution in [0.3, 0.4) is 0 Å². The Hall–Kier alpha value is -3.75. The third kappa shape index (κ3) is 3.98. The van der Waals surface area contributed by atoms with E-state index in [1.54, 1.807) is 43.6 Å². The van der Waals surface area contributed by atoms with E-state index in [0.29, 0.717) is 29.4 Å². The van der Waals surface area contributed by atoms with Gasteiger partial charge in [0.05, 0.1) is 17.6 Å². The van der Waals surface area contributed by atoms with Crippen molar-refractivity contribution in [1.29, 1.82) is 5.41 Å². The molecule has 2 N–H and O–H groups in total. The van der Waals surface area contributed by atoms with Crippen LogP contribution in [0.1, 0.15) is 37.7 Å². The molecular weight excluding hydrogens is 397 g/mol. The number of nitrogens with zero attached hydrogens (tertiary/aromatic N) is 5. The van der Waals surface area contributed by atoms with E-state index in [1.165, 1.54) is 16.7 Å². The first kappa shape index (κ1) is 20.5. The van der Waals surface area contributed by atoms with Crippen molar-refractivity contribution in [1.82, 2.24) is 24.7 Å². The highest BCUT2D eigenvalue weighted by atomic mass is 19.1. The third-order valence-electron chi connectivity index (χ3n) is 5.51. The van der Waals surface area contributed by atoms with Crippen LogP contribution >= 0.6 is 0 Å². The van der Waals surface area contributed by atoms with Crippen LogP contribution < -0.4 is 10.9 Å². The van der Waals surface area contributed by atoms with Crippen LogP contribution in [-0.2, 0) is 5.41 Å². The minimum atomic E-state index is -0.344. The Morgan fingerprint density at radius 1 is 1.26 bits per heavy atom. The lowest BCUT2D eigenvalue weighted by Gasteiger charge is -2.41. The summed E-state index contributed by atoms with van der Waals surface area (Å²) in [6.45, 7) is 2.28. The molecule has 3 heterocycles. The topological polar surface area (TPSA) is 109 Å². The summed E-state index contributed by atoms with van der Waals surface area (Å²) >= 11 is 0. The van der Waals surface area contributed by atoms with Gasteiger partial charge in [-0.15, -0.1) is 10.2 Å². The normalized spacial score (nSPS) is 14.9. The van der Waals surface area contributed by atoms with E-state index >= 15 is 0 Å². The van der Waals surface area contributed by atoms with E-state index < -0.39 is 0 Å². The van der Waals surface area contributed by atoms with Gasteiger partial charge in [0.25, 0.3) is 5.56 Å². The molecule has 0 bridgehead atoms. The largest absolute Gasteiger partial charge is 0.368 e. The van der Waals surface area contributed by atoms with Gasteiger partial charge in [-0.1, -0.05) is 12.5 Å². The van der Waals surface area contributed by atoms with Gasteiger partial charge in [0.15, 0.2) is 5.82 Å². The van der Waals surface area contributed by atoms with Gasteiger partial charge in [0.2, 0.25) is 0 Å². The lowest BCUT2D eigenvalue weighted by Crippen LogP contribution is -2.42. The van der Waals surface area contributed by atoms with Crippen LogP contribution in [0.4, 0.5) is 10.2 Å². The molecule has 1 saturated carbocycles. The number of rotatable bonds is 7. The second kappa shape index (κ2) is 8.55. The maximum Gasteiger partial charge on any atom is 0.258 e. The number of pyridine rings is 1. The molecule has 1 fully saturated rings. The summed E-state index contributed by atoms with van der Waals surface area (Å²) in [5.41, 5.74) is 0.601. The van der Waals surface area contributed by atoms with Crippen molar-refractivity contribution >= 4 is 18.2 Å². The molecule has 0 radical (unpaired) electrons. The molecule has 9 heteroatoms. The van der Waals surface area contributed by atoms with Crippen molar-refractivity contribution in [3.8, 4) is 11.4 Å². The molecule has 4 rings (SSSR count). The second-order valence-corrected chi connectivity index (χ2v) is 7.46. The van der Waals surface area contributed by atoms with Crippen LogP contribution in [0.2, 0.25) is 0 Å². The third-order valence-corrected chi connectivity index (χ3v) is 5.51. The van der Waals surface area contributed by atoms with Crippen molar-refractivity contribution in [3.63, 3.8) is 0 Å². The summed E-state index contributed by atoms with van der Waals surface area (Å²) in [5.74, 6) is 0.459. The van der Waals surface area contributed by atoms with Gasteiger partial charge >= 0.3 is 0 Å². The maximum absolute atomic E-state index is 14.3. The number of anilines is 1. The molecule has 31 heavy (non-hydrogen) atoms. The summed E-state index contributed by atoms with van der Waals surface area (Å²) in [7, 11) is 0. The lowest BCUT2D eigenvalue weighted by atomic mass is 9.66. The van der Waals surface area contributed by atoms with Crippen LogP contribution in [0, 0.1) is 11.2 Å². The molecule has 1 aliphatic carbocycles. The Balaban J connectivity index is 1.53. The molecule has 0 amide bonds. The fourth-order valence-electron chi connectivity index (χ4n) is 3.74. The Labute approximate surface area is 178 Å². The molecule has 0 spiro atoms. The van der Waals surface area contributed by atoms with Crippen molar-refractivity contribution < 1.29 is 4.39 Å². The summed E-state index contributed by atoms with van der Waals surface area (Å²) in [6.07, 6.45) is 8.63. The Morgan fingerprint density at radius 2 is 2.10 bits per heavy atom. The fourth-order valence-corrected chi connectivity index (χ4v) is 3.74. The smallest absolute Gasteiger partial charge is 0.258 e. The molecule has 3 aromatic heterocycles. The van der Waals surface area contributed by atoms with E-state index in [1.807, 2.05) is 0 Å². The van der Waals surface area contributed by atoms with Gasteiger partial charge in [0.1, 0.15) is 17.3 Å². The minimum Gasteiger partial charge on any atom is -0.368 e. The van der Waals surface area contributed by atoms with E-state index in [9.17, 15) is 9.18 Å². The highest BCUT2D eigenvalue weighted by Crippen LogP contribution is 2.43. The van der Waals surface area contributed by atoms with Gasteiger partial charge in [-0.3, -0.25) is 14.3 Å². The first-order chi connectivity index (χ1) is 15.1. The predicted molar refractivity (Wildman–Crippen MR) is 117 cm³/mol. The zero-order chi connectivity index (χ0) is 21.8. The second-order valence-electron chi connectivity index (χ2n) is 7.46. The summed E-state index contributed by atoms with van der Waals surface area (Å²) in [6, 6.07) is 7.85. The fraction of sp³-hybridized carbons (Fsp3) is 0.273. The quantitative estimate of drug-likeness (QED) is 0.569. The number of aromatic nitrogens is 5. The highest BCUT2D eigenvalue weighted by molar-refractivity contribution is 5.74. The number of hydrogen-bond donors (Lipinski definition) is 2. The van der Waals surface area contributed by atoms with E-state index in [-0.39, 0.29) is 22.6 Å². The number of halogens is 1. The lowest BCUT2D eigenvalue weighted by molar-refractivity contribution is 0.243. The van der Waals surface area contributed by atoms with E-state index in [4.69, 9.17) is 5.41 Å². The average molecular weight is 419 g/mol. The summed E-state index contributed by atoms with van der Waals surface area (Å²) < 4.78 is 15.6. The van der Waals surface area contributed by atoms with Crippen LogP contribution in [0.25, 0.3) is 17.6 Å².